The molecule has 6 nitrogen and oxygen atoms in total. The standard InChI is InChI=1S/C16H21N5O/c17-13-6-9-20(11-13)8-5-12-1-3-14(4-2-12)21-10-7-15(18)19-16(21)22/h1-4,7,10,13H,5-6,8-9,11,17H2,(H2,18,19,22)/t13-/m1/s1. The van der Waals surface area contributed by atoms with E-state index in [-0.39, 0.29) is 11.5 Å². The van der Waals surface area contributed by atoms with Crippen LogP contribution in [0.25, 0.3) is 5.69 Å². The molecular weight excluding hydrogens is 278 g/mol. The molecule has 6 heteroatoms. The maximum absolute atomic E-state index is 11.8. The van der Waals surface area contributed by atoms with E-state index in [1.165, 1.54) is 10.1 Å². The van der Waals surface area contributed by atoms with E-state index in [0.717, 1.165) is 38.2 Å². The van der Waals surface area contributed by atoms with Crippen molar-refractivity contribution >= 4 is 5.82 Å². The first kappa shape index (κ1) is 14.7. The second-order valence-electron chi connectivity index (χ2n) is 5.77. The van der Waals surface area contributed by atoms with Crippen molar-refractivity contribution in [1.82, 2.24) is 14.5 Å². The van der Waals surface area contributed by atoms with Gasteiger partial charge in [0.1, 0.15) is 5.82 Å². The van der Waals surface area contributed by atoms with Crippen LogP contribution in [-0.4, -0.2) is 40.1 Å². The Morgan fingerprint density at radius 3 is 2.64 bits per heavy atom. The lowest BCUT2D eigenvalue weighted by Crippen LogP contribution is -2.28. The maximum atomic E-state index is 11.8. The molecule has 2 heterocycles. The zero-order valence-electron chi connectivity index (χ0n) is 12.5. The summed E-state index contributed by atoms with van der Waals surface area (Å²) in [5, 5.41) is 0. The Hall–Kier alpha value is -2.18. The summed E-state index contributed by atoms with van der Waals surface area (Å²) in [5.41, 5.74) is 13.1. The Morgan fingerprint density at radius 2 is 2.00 bits per heavy atom. The number of rotatable bonds is 4. The highest BCUT2D eigenvalue weighted by molar-refractivity contribution is 5.36. The fraction of sp³-hybridized carbons (Fsp3) is 0.375. The summed E-state index contributed by atoms with van der Waals surface area (Å²) in [5.74, 6) is 0.238. The summed E-state index contributed by atoms with van der Waals surface area (Å²) in [6.07, 6.45) is 3.72. The number of aromatic nitrogens is 2. The molecule has 1 atom stereocenters. The highest BCUT2D eigenvalue weighted by atomic mass is 16.1. The van der Waals surface area contributed by atoms with Crippen LogP contribution in [0.15, 0.2) is 41.3 Å². The Labute approximate surface area is 129 Å². The number of hydrogen-bond donors (Lipinski definition) is 2. The van der Waals surface area contributed by atoms with Gasteiger partial charge in [-0.2, -0.15) is 4.98 Å². The van der Waals surface area contributed by atoms with E-state index in [2.05, 4.69) is 9.88 Å². The number of nitrogens with zero attached hydrogens (tertiary/aromatic N) is 3. The molecule has 0 spiro atoms. The predicted octanol–water partition coefficient (Wildman–Crippen LogP) is 0.390. The van der Waals surface area contributed by atoms with E-state index >= 15 is 0 Å². The molecule has 1 aromatic carbocycles. The maximum Gasteiger partial charge on any atom is 0.354 e. The van der Waals surface area contributed by atoms with Crippen molar-refractivity contribution in [2.24, 2.45) is 5.73 Å². The molecule has 0 aliphatic carbocycles. The predicted molar refractivity (Wildman–Crippen MR) is 87.0 cm³/mol. The molecule has 1 aromatic heterocycles. The normalized spacial score (nSPS) is 18.7. The molecule has 4 N–H and O–H groups in total. The van der Waals surface area contributed by atoms with Crippen LogP contribution in [-0.2, 0) is 6.42 Å². The monoisotopic (exact) mass is 299 g/mol. The smallest absolute Gasteiger partial charge is 0.354 e. The van der Waals surface area contributed by atoms with Crippen LogP contribution in [0.5, 0.6) is 0 Å². The number of hydrogen-bond acceptors (Lipinski definition) is 5. The van der Waals surface area contributed by atoms with Gasteiger partial charge in [-0.15, -0.1) is 0 Å². The summed E-state index contributed by atoms with van der Waals surface area (Å²) in [6, 6.07) is 9.91. The minimum atomic E-state index is -0.362. The third-order valence-electron chi connectivity index (χ3n) is 4.07. The summed E-state index contributed by atoms with van der Waals surface area (Å²) < 4.78 is 1.49. The molecule has 0 bridgehead atoms. The van der Waals surface area contributed by atoms with Gasteiger partial charge in [-0.1, -0.05) is 12.1 Å². The van der Waals surface area contributed by atoms with Crippen LogP contribution in [0.4, 0.5) is 5.82 Å². The van der Waals surface area contributed by atoms with E-state index < -0.39 is 0 Å². The molecule has 0 saturated carbocycles. The molecule has 22 heavy (non-hydrogen) atoms. The quantitative estimate of drug-likeness (QED) is 0.852. The fourth-order valence-electron chi connectivity index (χ4n) is 2.79. The summed E-state index contributed by atoms with van der Waals surface area (Å²) in [7, 11) is 0. The highest BCUT2D eigenvalue weighted by Gasteiger charge is 2.18. The number of anilines is 1. The van der Waals surface area contributed by atoms with Gasteiger partial charge in [0, 0.05) is 25.3 Å². The average Bonchev–Trinajstić information content (AvgIpc) is 2.92. The van der Waals surface area contributed by atoms with Crippen LogP contribution in [0.3, 0.4) is 0 Å². The van der Waals surface area contributed by atoms with Crippen molar-refractivity contribution in [1.29, 1.82) is 0 Å². The van der Waals surface area contributed by atoms with Crippen LogP contribution in [0, 0.1) is 0 Å². The summed E-state index contributed by atoms with van der Waals surface area (Å²) in [4.78, 5) is 17.9. The number of nitrogens with two attached hydrogens (primary N) is 2. The molecule has 1 fully saturated rings. The van der Waals surface area contributed by atoms with Crippen molar-refractivity contribution in [2.45, 2.75) is 18.9 Å². The Kier molecular flexibility index (Phi) is 4.22. The van der Waals surface area contributed by atoms with Crippen molar-refractivity contribution in [3.8, 4) is 5.69 Å². The van der Waals surface area contributed by atoms with E-state index in [9.17, 15) is 4.79 Å². The van der Waals surface area contributed by atoms with Crippen LogP contribution in [0.2, 0.25) is 0 Å². The zero-order valence-corrected chi connectivity index (χ0v) is 12.5. The molecule has 0 unspecified atom stereocenters. The first-order valence-corrected chi connectivity index (χ1v) is 7.54. The molecule has 116 valence electrons. The van der Waals surface area contributed by atoms with E-state index in [1.807, 2.05) is 24.3 Å². The van der Waals surface area contributed by atoms with Gasteiger partial charge in [0.05, 0.1) is 5.69 Å². The number of likely N-dealkylation sites (tertiary alicyclic amines) is 1. The number of benzene rings is 1. The second kappa shape index (κ2) is 6.29. The molecule has 1 saturated heterocycles. The Balaban J connectivity index is 1.66. The lowest BCUT2D eigenvalue weighted by atomic mass is 10.1. The Morgan fingerprint density at radius 1 is 1.23 bits per heavy atom. The first-order valence-electron chi connectivity index (χ1n) is 7.54. The lowest BCUT2D eigenvalue weighted by molar-refractivity contribution is 0.339. The summed E-state index contributed by atoms with van der Waals surface area (Å²) >= 11 is 0. The van der Waals surface area contributed by atoms with Gasteiger partial charge < -0.3 is 16.4 Å². The zero-order chi connectivity index (χ0) is 15.5. The van der Waals surface area contributed by atoms with Gasteiger partial charge in [0.15, 0.2) is 0 Å². The van der Waals surface area contributed by atoms with Gasteiger partial charge in [0.25, 0.3) is 0 Å². The van der Waals surface area contributed by atoms with Gasteiger partial charge in [-0.25, -0.2) is 4.79 Å². The largest absolute Gasteiger partial charge is 0.383 e. The summed E-state index contributed by atoms with van der Waals surface area (Å²) in [6.45, 7) is 3.10. The Bertz CT molecular complexity index is 694. The minimum absolute atomic E-state index is 0.238. The van der Waals surface area contributed by atoms with Gasteiger partial charge in [-0.3, -0.25) is 4.57 Å². The van der Waals surface area contributed by atoms with Crippen LogP contribution >= 0.6 is 0 Å². The van der Waals surface area contributed by atoms with Crippen LogP contribution < -0.4 is 17.2 Å². The van der Waals surface area contributed by atoms with E-state index in [1.54, 1.807) is 12.3 Å². The lowest BCUT2D eigenvalue weighted by Gasteiger charge is -2.15. The molecule has 3 rings (SSSR count). The molecule has 1 aliphatic rings. The van der Waals surface area contributed by atoms with E-state index in [0.29, 0.717) is 6.04 Å². The molecule has 2 aromatic rings. The highest BCUT2D eigenvalue weighted by Crippen LogP contribution is 2.11. The van der Waals surface area contributed by atoms with Gasteiger partial charge in [-0.05, 0) is 43.1 Å². The average molecular weight is 299 g/mol. The topological polar surface area (TPSA) is 90.2 Å². The number of nitrogen functional groups attached to an aromatic ring is 1. The van der Waals surface area contributed by atoms with Gasteiger partial charge in [0.2, 0.25) is 0 Å². The fourth-order valence-corrected chi connectivity index (χ4v) is 2.79. The molecule has 0 amide bonds. The third kappa shape index (κ3) is 3.35. The molecule has 0 radical (unpaired) electrons. The minimum Gasteiger partial charge on any atom is -0.383 e. The first-order chi connectivity index (χ1) is 10.6. The molecular formula is C16H21N5O. The SMILES string of the molecule is Nc1ccn(-c2ccc(CCN3CC[C@@H](N)C3)cc2)c(=O)n1. The van der Waals surface area contributed by atoms with E-state index in [4.69, 9.17) is 11.5 Å². The van der Waals surface area contributed by atoms with Gasteiger partial charge >= 0.3 is 5.69 Å². The van der Waals surface area contributed by atoms with Crippen molar-refractivity contribution in [3.63, 3.8) is 0 Å². The van der Waals surface area contributed by atoms with Crippen molar-refractivity contribution < 1.29 is 0 Å². The van der Waals surface area contributed by atoms with Crippen LogP contribution in [0.1, 0.15) is 12.0 Å². The third-order valence-corrected chi connectivity index (χ3v) is 4.07. The molecule has 1 aliphatic heterocycles. The second-order valence-corrected chi connectivity index (χ2v) is 5.77. The van der Waals surface area contributed by atoms with Crippen molar-refractivity contribution in [2.75, 3.05) is 25.4 Å². The van der Waals surface area contributed by atoms with Crippen molar-refractivity contribution in [3.05, 3.63) is 52.6 Å².